The molecule has 1 heterocycles. The van der Waals surface area contributed by atoms with E-state index in [0.29, 0.717) is 17.2 Å². The first kappa shape index (κ1) is 17.8. The lowest BCUT2D eigenvalue weighted by Gasteiger charge is -2.04. The summed E-state index contributed by atoms with van der Waals surface area (Å²) in [5.74, 6) is -0.290. The molecular weight excluding hydrogens is 348 g/mol. The van der Waals surface area contributed by atoms with Gasteiger partial charge >= 0.3 is 5.97 Å². The highest BCUT2D eigenvalue weighted by atomic mass is 35.5. The molecule has 4 nitrogen and oxygen atoms in total. The summed E-state index contributed by atoms with van der Waals surface area (Å²) in [4.78, 5) is 11.9. The number of para-hydroxylation sites is 1. The largest absolute Gasteiger partial charge is 0.465 e. The number of hydrogen-bond acceptors (Lipinski definition) is 3. The number of aromatic nitrogens is 1. The first-order valence-electron chi connectivity index (χ1n) is 8.23. The van der Waals surface area contributed by atoms with Crippen LogP contribution < -0.4 is 0 Å². The van der Waals surface area contributed by atoms with Crippen LogP contribution in [0.25, 0.3) is 22.6 Å². The number of esters is 1. The highest BCUT2D eigenvalue weighted by Crippen LogP contribution is 2.26. The van der Waals surface area contributed by atoms with Crippen molar-refractivity contribution in [3.05, 3.63) is 70.9 Å². The van der Waals surface area contributed by atoms with Gasteiger partial charge in [-0.3, -0.25) is 4.79 Å². The zero-order valence-corrected chi connectivity index (χ0v) is 15.0. The number of ether oxygens (including phenoxy) is 1. The summed E-state index contributed by atoms with van der Waals surface area (Å²) >= 11 is 5.93. The molecule has 0 saturated carbocycles. The number of carbonyl (C=O) groups excluding carboxylic acids is 1. The van der Waals surface area contributed by atoms with Crippen LogP contribution in [0.3, 0.4) is 0 Å². The van der Waals surface area contributed by atoms with E-state index in [1.165, 1.54) is 0 Å². The predicted molar refractivity (Wildman–Crippen MR) is 104 cm³/mol. The number of nitrogens with zero attached hydrogens (tertiary/aromatic N) is 2. The SMILES string of the molecule is CCOC(=O)Cn1cc(/C=C(/C#N)c2ccc(Cl)cc2)c2ccccc21. The van der Waals surface area contributed by atoms with Crippen LogP contribution in [0, 0.1) is 11.3 Å². The highest BCUT2D eigenvalue weighted by molar-refractivity contribution is 6.30. The molecule has 0 saturated heterocycles. The van der Waals surface area contributed by atoms with Crippen molar-refractivity contribution in [1.82, 2.24) is 4.57 Å². The van der Waals surface area contributed by atoms with Gasteiger partial charge in [0.15, 0.2) is 0 Å². The van der Waals surface area contributed by atoms with E-state index < -0.39 is 0 Å². The maximum Gasteiger partial charge on any atom is 0.325 e. The standard InChI is InChI=1S/C21H17ClN2O2/c1-2-26-21(25)14-24-13-17(19-5-3-4-6-20(19)24)11-16(12-23)15-7-9-18(22)10-8-15/h3-11,13H,2,14H2,1H3/b16-11-. The summed E-state index contributed by atoms with van der Waals surface area (Å²) in [6.07, 6.45) is 3.70. The van der Waals surface area contributed by atoms with Gasteiger partial charge in [0.1, 0.15) is 6.54 Å². The second kappa shape index (κ2) is 7.90. The quantitative estimate of drug-likeness (QED) is 0.477. The van der Waals surface area contributed by atoms with Crippen molar-refractivity contribution >= 4 is 40.1 Å². The minimum absolute atomic E-state index is 0.130. The monoisotopic (exact) mass is 364 g/mol. The Balaban J connectivity index is 2.05. The number of fused-ring (bicyclic) bond motifs is 1. The van der Waals surface area contributed by atoms with Crippen molar-refractivity contribution in [2.45, 2.75) is 13.5 Å². The Morgan fingerprint density at radius 3 is 2.65 bits per heavy atom. The summed E-state index contributed by atoms with van der Waals surface area (Å²) in [6, 6.07) is 17.1. The molecule has 0 bridgehead atoms. The van der Waals surface area contributed by atoms with Gasteiger partial charge in [-0.05, 0) is 36.8 Å². The molecule has 26 heavy (non-hydrogen) atoms. The first-order chi connectivity index (χ1) is 12.6. The molecule has 0 aliphatic heterocycles. The fourth-order valence-corrected chi connectivity index (χ4v) is 2.96. The summed E-state index contributed by atoms with van der Waals surface area (Å²) in [5.41, 5.74) is 3.11. The molecule has 0 aliphatic carbocycles. The molecular formula is C21H17ClN2O2. The Morgan fingerprint density at radius 1 is 1.23 bits per heavy atom. The van der Waals surface area contributed by atoms with Crippen LogP contribution in [0.4, 0.5) is 0 Å². The molecule has 5 heteroatoms. The highest BCUT2D eigenvalue weighted by Gasteiger charge is 2.11. The van der Waals surface area contributed by atoms with Crippen molar-refractivity contribution < 1.29 is 9.53 Å². The van der Waals surface area contributed by atoms with Crippen LogP contribution in [-0.2, 0) is 16.1 Å². The molecule has 0 N–H and O–H groups in total. The van der Waals surface area contributed by atoms with Gasteiger partial charge in [-0.25, -0.2) is 0 Å². The maximum absolute atomic E-state index is 11.9. The van der Waals surface area contributed by atoms with E-state index in [0.717, 1.165) is 22.0 Å². The molecule has 0 aliphatic rings. The van der Waals surface area contributed by atoms with E-state index in [2.05, 4.69) is 6.07 Å². The van der Waals surface area contributed by atoms with Gasteiger partial charge in [-0.15, -0.1) is 0 Å². The second-order valence-corrected chi connectivity index (χ2v) is 6.15. The number of nitriles is 1. The Labute approximate surface area is 156 Å². The normalized spacial score (nSPS) is 11.3. The lowest BCUT2D eigenvalue weighted by Crippen LogP contribution is -2.12. The molecule has 1 aromatic heterocycles. The van der Waals surface area contributed by atoms with Crippen LogP contribution in [0.5, 0.6) is 0 Å². The van der Waals surface area contributed by atoms with E-state index in [1.54, 1.807) is 19.1 Å². The molecule has 0 fully saturated rings. The lowest BCUT2D eigenvalue weighted by molar-refractivity contribution is -0.143. The Bertz CT molecular complexity index is 1010. The Hall–Kier alpha value is -3.03. The first-order valence-corrected chi connectivity index (χ1v) is 8.61. The average Bonchev–Trinajstić information content (AvgIpc) is 2.98. The minimum Gasteiger partial charge on any atom is -0.465 e. The van der Waals surface area contributed by atoms with Crippen LogP contribution in [0.1, 0.15) is 18.1 Å². The number of benzene rings is 2. The van der Waals surface area contributed by atoms with Crippen LogP contribution in [-0.4, -0.2) is 17.1 Å². The van der Waals surface area contributed by atoms with Crippen LogP contribution in [0.2, 0.25) is 5.02 Å². The van der Waals surface area contributed by atoms with Gasteiger partial charge in [0.2, 0.25) is 0 Å². The Morgan fingerprint density at radius 2 is 1.96 bits per heavy atom. The molecule has 130 valence electrons. The van der Waals surface area contributed by atoms with E-state index in [1.807, 2.05) is 53.2 Å². The van der Waals surface area contributed by atoms with Gasteiger partial charge < -0.3 is 9.30 Å². The van der Waals surface area contributed by atoms with Gasteiger partial charge in [0.25, 0.3) is 0 Å². The number of halogens is 1. The number of carbonyl (C=O) groups is 1. The molecule has 0 spiro atoms. The predicted octanol–water partition coefficient (Wildman–Crippen LogP) is 4.92. The second-order valence-electron chi connectivity index (χ2n) is 5.71. The number of allylic oxidation sites excluding steroid dienone is 1. The van der Waals surface area contributed by atoms with Gasteiger partial charge in [0, 0.05) is 27.7 Å². The molecule has 0 unspecified atom stereocenters. The number of rotatable bonds is 5. The maximum atomic E-state index is 11.9. The van der Waals surface area contributed by atoms with Crippen molar-refractivity contribution in [3.63, 3.8) is 0 Å². The molecule has 2 aromatic carbocycles. The topological polar surface area (TPSA) is 55.0 Å². The summed E-state index contributed by atoms with van der Waals surface area (Å²) < 4.78 is 6.89. The molecule has 0 amide bonds. The fraction of sp³-hybridized carbons (Fsp3) is 0.143. The summed E-state index contributed by atoms with van der Waals surface area (Å²) in [7, 11) is 0. The van der Waals surface area contributed by atoms with Gasteiger partial charge in [-0.2, -0.15) is 5.26 Å². The van der Waals surface area contributed by atoms with Gasteiger partial charge in [-0.1, -0.05) is 41.9 Å². The van der Waals surface area contributed by atoms with E-state index in [9.17, 15) is 10.1 Å². The van der Waals surface area contributed by atoms with Gasteiger partial charge in [0.05, 0.1) is 18.2 Å². The summed E-state index contributed by atoms with van der Waals surface area (Å²) in [6.45, 7) is 2.26. The average molecular weight is 365 g/mol. The van der Waals surface area contributed by atoms with E-state index >= 15 is 0 Å². The lowest BCUT2D eigenvalue weighted by atomic mass is 10.0. The minimum atomic E-state index is -0.290. The fourth-order valence-electron chi connectivity index (χ4n) is 2.83. The van der Waals surface area contributed by atoms with Crippen LogP contribution >= 0.6 is 11.6 Å². The van der Waals surface area contributed by atoms with E-state index in [-0.39, 0.29) is 12.5 Å². The Kier molecular flexibility index (Phi) is 5.40. The zero-order valence-electron chi connectivity index (χ0n) is 14.3. The van der Waals surface area contributed by atoms with E-state index in [4.69, 9.17) is 16.3 Å². The third-order valence-corrected chi connectivity index (χ3v) is 4.25. The zero-order chi connectivity index (χ0) is 18.5. The smallest absolute Gasteiger partial charge is 0.325 e. The molecule has 3 aromatic rings. The molecule has 0 atom stereocenters. The number of hydrogen-bond donors (Lipinski definition) is 0. The van der Waals surface area contributed by atoms with Crippen molar-refractivity contribution in [2.24, 2.45) is 0 Å². The third-order valence-electron chi connectivity index (χ3n) is 4.00. The van der Waals surface area contributed by atoms with Crippen molar-refractivity contribution in [3.8, 4) is 6.07 Å². The van der Waals surface area contributed by atoms with Crippen LogP contribution in [0.15, 0.2) is 54.7 Å². The molecule has 0 radical (unpaired) electrons. The van der Waals surface area contributed by atoms with Crippen molar-refractivity contribution in [2.75, 3.05) is 6.61 Å². The third kappa shape index (κ3) is 3.79. The summed E-state index contributed by atoms with van der Waals surface area (Å²) in [5, 5.41) is 11.2. The van der Waals surface area contributed by atoms with Crippen molar-refractivity contribution in [1.29, 1.82) is 5.26 Å². The molecule has 3 rings (SSSR count).